The van der Waals surface area contributed by atoms with Crippen LogP contribution in [0.2, 0.25) is 18.1 Å². The lowest BCUT2D eigenvalue weighted by Crippen LogP contribution is -2.50. The van der Waals surface area contributed by atoms with Crippen molar-refractivity contribution in [3.8, 4) is 0 Å². The van der Waals surface area contributed by atoms with Gasteiger partial charge in [0.15, 0.2) is 8.32 Å². The highest BCUT2D eigenvalue weighted by Gasteiger charge is 2.47. The van der Waals surface area contributed by atoms with Gasteiger partial charge in [0.2, 0.25) is 0 Å². The summed E-state index contributed by atoms with van der Waals surface area (Å²) in [5.74, 6) is -0.110. The summed E-state index contributed by atoms with van der Waals surface area (Å²) in [4.78, 5) is 27.7. The number of nitrogens with one attached hydrogen (secondary N) is 1. The second-order valence-electron chi connectivity index (χ2n) is 12.9. The van der Waals surface area contributed by atoms with Gasteiger partial charge in [-0.2, -0.15) is 0 Å². The summed E-state index contributed by atoms with van der Waals surface area (Å²) in [5.41, 5.74) is 2.19. The number of amides is 2. The topological polar surface area (TPSA) is 67.9 Å². The average Bonchev–Trinajstić information content (AvgIpc) is 3.24. The van der Waals surface area contributed by atoms with Crippen molar-refractivity contribution in [1.29, 1.82) is 0 Å². The van der Waals surface area contributed by atoms with Crippen LogP contribution in [0.4, 0.5) is 4.79 Å². The first-order chi connectivity index (χ1) is 17.6. The van der Waals surface area contributed by atoms with Crippen molar-refractivity contribution in [2.75, 3.05) is 7.05 Å². The van der Waals surface area contributed by atoms with Crippen molar-refractivity contribution in [2.45, 2.75) is 103 Å². The van der Waals surface area contributed by atoms with E-state index in [1.165, 1.54) is 0 Å². The van der Waals surface area contributed by atoms with Crippen LogP contribution < -0.4 is 5.32 Å². The Morgan fingerprint density at radius 2 is 1.58 bits per heavy atom. The van der Waals surface area contributed by atoms with Gasteiger partial charge >= 0.3 is 6.09 Å². The molecule has 7 heteroatoms. The second-order valence-corrected chi connectivity index (χ2v) is 17.6. The molecular formula is C31H46N2O4Si. The SMILES string of the molecule is CNC(=O)c1ccc(C[C@@H]2CC[C@H]([C@H](O[Si](C)(C)C(C)(C)C)c3ccccc3)N2C(=O)OC(C)(C)C)cc1. The Morgan fingerprint density at radius 1 is 0.974 bits per heavy atom. The largest absolute Gasteiger partial charge is 0.444 e. The number of likely N-dealkylation sites (tertiary alicyclic amines) is 1. The molecule has 0 bridgehead atoms. The zero-order chi connectivity index (χ0) is 28.3. The third-order valence-electron chi connectivity index (χ3n) is 7.77. The summed E-state index contributed by atoms with van der Waals surface area (Å²) in [5, 5.41) is 2.69. The molecule has 1 aliphatic rings. The van der Waals surface area contributed by atoms with Gasteiger partial charge in [-0.05, 0) is 81.4 Å². The lowest BCUT2D eigenvalue weighted by molar-refractivity contribution is -0.00239. The molecule has 3 atom stereocenters. The number of ether oxygens (including phenoxy) is 1. The number of carbonyl (C=O) groups is 2. The fraction of sp³-hybridized carbons (Fsp3) is 0.548. The van der Waals surface area contributed by atoms with E-state index in [1.54, 1.807) is 7.05 Å². The summed E-state index contributed by atoms with van der Waals surface area (Å²) in [6.07, 6.45) is 1.82. The molecule has 0 aliphatic carbocycles. The van der Waals surface area contributed by atoms with Gasteiger partial charge in [0.25, 0.3) is 5.91 Å². The van der Waals surface area contributed by atoms with Crippen molar-refractivity contribution in [2.24, 2.45) is 0 Å². The first-order valence-corrected chi connectivity index (χ1v) is 16.6. The molecular weight excluding hydrogens is 492 g/mol. The standard InChI is InChI=1S/C31H46N2O4Si/c1-30(2,3)36-29(35)33-25(21-22-15-17-24(18-16-22)28(34)32-7)19-20-26(33)27(23-13-11-10-12-14-23)37-38(8,9)31(4,5)6/h10-18,25-27H,19-21H2,1-9H3,(H,32,34)/t25-,26+,27+/m0/s1. The molecule has 3 rings (SSSR count). The molecule has 38 heavy (non-hydrogen) atoms. The highest BCUT2D eigenvalue weighted by atomic mass is 28.4. The number of benzene rings is 2. The molecule has 2 aromatic carbocycles. The molecule has 1 heterocycles. The smallest absolute Gasteiger partial charge is 0.410 e. The molecule has 208 valence electrons. The van der Waals surface area contributed by atoms with Crippen molar-refractivity contribution < 1.29 is 18.8 Å². The molecule has 1 N–H and O–H groups in total. The molecule has 0 saturated carbocycles. The Labute approximate surface area is 230 Å². The Kier molecular flexibility index (Phi) is 9.15. The third kappa shape index (κ3) is 7.26. The normalized spacial score (nSPS) is 19.2. The minimum Gasteiger partial charge on any atom is -0.444 e. The quantitative estimate of drug-likeness (QED) is 0.381. The van der Waals surface area contributed by atoms with Crippen molar-refractivity contribution in [3.63, 3.8) is 0 Å². The Hall–Kier alpha value is -2.64. The zero-order valence-electron chi connectivity index (χ0n) is 24.6. The summed E-state index contributed by atoms with van der Waals surface area (Å²) in [6, 6.07) is 17.8. The van der Waals surface area contributed by atoms with Gasteiger partial charge in [0.1, 0.15) is 5.60 Å². The van der Waals surface area contributed by atoms with Crippen LogP contribution in [-0.4, -0.2) is 50.0 Å². The van der Waals surface area contributed by atoms with Crippen LogP contribution in [0, 0.1) is 0 Å². The highest BCUT2D eigenvalue weighted by Crippen LogP contribution is 2.44. The molecule has 1 fully saturated rings. The number of hydrogen-bond donors (Lipinski definition) is 1. The van der Waals surface area contributed by atoms with E-state index in [0.717, 1.165) is 24.0 Å². The van der Waals surface area contributed by atoms with Gasteiger partial charge in [-0.1, -0.05) is 63.2 Å². The number of nitrogens with zero attached hydrogens (tertiary/aromatic N) is 1. The van der Waals surface area contributed by atoms with Crippen LogP contribution in [0.3, 0.4) is 0 Å². The maximum atomic E-state index is 13.8. The Balaban J connectivity index is 1.98. The van der Waals surface area contributed by atoms with Gasteiger partial charge in [0, 0.05) is 18.7 Å². The molecule has 0 unspecified atom stereocenters. The van der Waals surface area contributed by atoms with E-state index in [0.29, 0.717) is 12.0 Å². The number of hydrogen-bond acceptors (Lipinski definition) is 4. The monoisotopic (exact) mass is 538 g/mol. The van der Waals surface area contributed by atoms with Crippen LogP contribution in [0.5, 0.6) is 0 Å². The maximum Gasteiger partial charge on any atom is 0.410 e. The summed E-state index contributed by atoms with van der Waals surface area (Å²) < 4.78 is 13.0. The molecule has 2 aromatic rings. The molecule has 2 amide bonds. The molecule has 0 radical (unpaired) electrons. The van der Waals surface area contributed by atoms with Crippen molar-refractivity contribution in [1.82, 2.24) is 10.2 Å². The minimum atomic E-state index is -2.16. The van der Waals surface area contributed by atoms with Gasteiger partial charge in [-0.25, -0.2) is 4.79 Å². The first-order valence-electron chi connectivity index (χ1n) is 13.7. The van der Waals surface area contributed by atoms with E-state index in [4.69, 9.17) is 9.16 Å². The molecule has 1 aliphatic heterocycles. The van der Waals surface area contributed by atoms with Crippen molar-refractivity contribution >= 4 is 20.3 Å². The summed E-state index contributed by atoms with van der Waals surface area (Å²) in [6.45, 7) is 17.0. The van der Waals surface area contributed by atoms with Crippen LogP contribution in [-0.2, 0) is 15.6 Å². The highest BCUT2D eigenvalue weighted by molar-refractivity contribution is 6.74. The zero-order valence-corrected chi connectivity index (χ0v) is 25.6. The second kappa shape index (κ2) is 11.6. The fourth-order valence-electron chi connectivity index (χ4n) is 4.72. The average molecular weight is 539 g/mol. The fourth-order valence-corrected chi connectivity index (χ4v) is 6.00. The van der Waals surface area contributed by atoms with Crippen molar-refractivity contribution in [3.05, 3.63) is 71.3 Å². The van der Waals surface area contributed by atoms with E-state index in [1.807, 2.05) is 68.1 Å². The van der Waals surface area contributed by atoms with Crippen LogP contribution in [0.25, 0.3) is 0 Å². The van der Waals surface area contributed by atoms with E-state index < -0.39 is 13.9 Å². The van der Waals surface area contributed by atoms with Crippen LogP contribution in [0.15, 0.2) is 54.6 Å². The third-order valence-corrected chi connectivity index (χ3v) is 12.2. The summed E-state index contributed by atoms with van der Waals surface area (Å²) >= 11 is 0. The van der Waals surface area contributed by atoms with Gasteiger partial charge in [0.05, 0.1) is 12.1 Å². The molecule has 0 aromatic heterocycles. The summed E-state index contributed by atoms with van der Waals surface area (Å²) in [7, 11) is -0.535. The van der Waals surface area contributed by atoms with Crippen LogP contribution >= 0.6 is 0 Å². The van der Waals surface area contributed by atoms with Gasteiger partial charge < -0.3 is 14.5 Å². The number of carbonyl (C=O) groups excluding carboxylic acids is 2. The Bertz CT molecular complexity index is 1090. The molecule has 1 saturated heterocycles. The predicted molar refractivity (Wildman–Crippen MR) is 156 cm³/mol. The molecule has 6 nitrogen and oxygen atoms in total. The number of rotatable bonds is 7. The van der Waals surface area contributed by atoms with E-state index in [2.05, 4.69) is 51.3 Å². The van der Waals surface area contributed by atoms with E-state index in [9.17, 15) is 9.59 Å². The predicted octanol–water partition coefficient (Wildman–Crippen LogP) is 7.12. The molecule has 0 spiro atoms. The van der Waals surface area contributed by atoms with E-state index >= 15 is 0 Å². The van der Waals surface area contributed by atoms with Crippen LogP contribution in [0.1, 0.15) is 82.0 Å². The van der Waals surface area contributed by atoms with E-state index in [-0.39, 0.29) is 35.2 Å². The lowest BCUT2D eigenvalue weighted by atomic mass is 10.0. The Morgan fingerprint density at radius 3 is 2.11 bits per heavy atom. The minimum absolute atomic E-state index is 0.0291. The first kappa shape index (κ1) is 29.9. The van der Waals surface area contributed by atoms with Gasteiger partial charge in [-0.3, -0.25) is 9.69 Å². The van der Waals surface area contributed by atoms with Gasteiger partial charge in [-0.15, -0.1) is 0 Å². The lowest BCUT2D eigenvalue weighted by Gasteiger charge is -2.43. The maximum absolute atomic E-state index is 13.8.